The van der Waals surface area contributed by atoms with Crippen LogP contribution in [0.2, 0.25) is 0 Å². The number of benzene rings is 1. The molecule has 1 fully saturated rings. The smallest absolute Gasteiger partial charge is 0.415 e. The number of rotatable bonds is 2. The molecule has 1 amide bonds. The van der Waals surface area contributed by atoms with E-state index in [0.717, 1.165) is 16.4 Å². The third-order valence-electron chi connectivity index (χ3n) is 4.58. The number of carbonyl (C=O) groups excluding carboxylic acids is 1. The van der Waals surface area contributed by atoms with Gasteiger partial charge in [-0.05, 0) is 18.2 Å². The molecule has 132 valence electrons. The molecule has 0 spiro atoms. The maximum Gasteiger partial charge on any atom is 0.415 e. The second-order valence-corrected chi connectivity index (χ2v) is 6.34. The first-order valence-electron chi connectivity index (χ1n) is 8.27. The highest BCUT2D eigenvalue weighted by molar-refractivity contribution is 6.02. The molecule has 1 aromatic carbocycles. The van der Waals surface area contributed by atoms with Gasteiger partial charge in [-0.2, -0.15) is 10.4 Å². The van der Waals surface area contributed by atoms with Crippen LogP contribution in [0.5, 0.6) is 0 Å². The SMILES string of the molecule is Cn1cc(N2C[C@H](c3nc4c(cnc5ccc(C#N)cc54)[nH]3)OC2=O)cn1. The second kappa shape index (κ2) is 5.54. The lowest BCUT2D eigenvalue weighted by atomic mass is 10.1. The van der Waals surface area contributed by atoms with Gasteiger partial charge < -0.3 is 9.72 Å². The minimum absolute atomic E-state index is 0.332. The zero-order valence-electron chi connectivity index (χ0n) is 14.2. The summed E-state index contributed by atoms with van der Waals surface area (Å²) in [7, 11) is 1.79. The van der Waals surface area contributed by atoms with Crippen LogP contribution >= 0.6 is 0 Å². The molecule has 27 heavy (non-hydrogen) atoms. The first-order chi connectivity index (χ1) is 13.1. The summed E-state index contributed by atoms with van der Waals surface area (Å²) in [5.41, 5.74) is 3.38. The molecular formula is C18H13N7O2. The lowest BCUT2D eigenvalue weighted by molar-refractivity contribution is 0.138. The van der Waals surface area contributed by atoms with Crippen molar-refractivity contribution in [2.24, 2.45) is 7.05 Å². The van der Waals surface area contributed by atoms with E-state index >= 15 is 0 Å². The Bertz CT molecular complexity index is 1250. The molecule has 3 aromatic heterocycles. The van der Waals surface area contributed by atoms with E-state index in [1.807, 2.05) is 0 Å². The summed E-state index contributed by atoms with van der Waals surface area (Å²) >= 11 is 0. The third-order valence-corrected chi connectivity index (χ3v) is 4.58. The van der Waals surface area contributed by atoms with Gasteiger partial charge in [0.05, 0.1) is 52.8 Å². The van der Waals surface area contributed by atoms with Crippen LogP contribution in [0.4, 0.5) is 10.5 Å². The predicted octanol–water partition coefficient (Wildman–Crippen LogP) is 2.41. The number of hydrogen-bond acceptors (Lipinski definition) is 6. The van der Waals surface area contributed by atoms with Gasteiger partial charge in [0.25, 0.3) is 0 Å². The number of cyclic esters (lactones) is 1. The van der Waals surface area contributed by atoms with Gasteiger partial charge in [0.2, 0.25) is 0 Å². The molecule has 9 nitrogen and oxygen atoms in total. The highest BCUT2D eigenvalue weighted by Gasteiger charge is 2.36. The van der Waals surface area contributed by atoms with Crippen molar-refractivity contribution in [1.82, 2.24) is 24.7 Å². The maximum atomic E-state index is 12.3. The number of aromatic amines is 1. The number of nitriles is 1. The Labute approximate surface area is 152 Å². The first-order valence-corrected chi connectivity index (χ1v) is 8.27. The quantitative estimate of drug-likeness (QED) is 0.588. The molecule has 4 heterocycles. The largest absolute Gasteiger partial charge is 0.436 e. The van der Waals surface area contributed by atoms with Gasteiger partial charge in [-0.15, -0.1) is 0 Å². The minimum Gasteiger partial charge on any atom is -0.436 e. The highest BCUT2D eigenvalue weighted by Crippen LogP contribution is 2.31. The van der Waals surface area contributed by atoms with E-state index in [4.69, 9.17) is 10.00 Å². The molecule has 0 unspecified atom stereocenters. The molecule has 4 aromatic rings. The number of fused-ring (bicyclic) bond motifs is 3. The minimum atomic E-state index is -0.528. The fourth-order valence-corrected chi connectivity index (χ4v) is 3.26. The van der Waals surface area contributed by atoms with E-state index in [0.29, 0.717) is 29.1 Å². The summed E-state index contributed by atoms with van der Waals surface area (Å²) in [6, 6.07) is 7.40. The predicted molar refractivity (Wildman–Crippen MR) is 95.9 cm³/mol. The summed E-state index contributed by atoms with van der Waals surface area (Å²) in [5, 5.41) is 14.0. The molecule has 0 aliphatic carbocycles. The van der Waals surface area contributed by atoms with E-state index in [1.165, 1.54) is 4.90 Å². The summed E-state index contributed by atoms with van der Waals surface area (Å²) in [4.78, 5) is 26.0. The van der Waals surface area contributed by atoms with Crippen molar-refractivity contribution >= 4 is 33.7 Å². The molecular weight excluding hydrogens is 346 g/mol. The van der Waals surface area contributed by atoms with Gasteiger partial charge >= 0.3 is 6.09 Å². The average Bonchev–Trinajstić information content (AvgIpc) is 3.38. The van der Waals surface area contributed by atoms with Gasteiger partial charge in [0.1, 0.15) is 0 Å². The summed E-state index contributed by atoms with van der Waals surface area (Å²) in [6.07, 6.45) is 4.09. The highest BCUT2D eigenvalue weighted by atomic mass is 16.6. The van der Waals surface area contributed by atoms with Crippen molar-refractivity contribution in [3.05, 3.63) is 48.2 Å². The summed E-state index contributed by atoms with van der Waals surface area (Å²) < 4.78 is 7.12. The fraction of sp³-hybridized carbons (Fsp3) is 0.167. The van der Waals surface area contributed by atoms with Crippen LogP contribution in [0.25, 0.3) is 21.9 Å². The average molecular weight is 359 g/mol. The molecule has 1 aliphatic rings. The fourth-order valence-electron chi connectivity index (χ4n) is 3.26. The van der Waals surface area contributed by atoms with Crippen LogP contribution in [-0.2, 0) is 11.8 Å². The number of aryl methyl sites for hydroxylation is 1. The van der Waals surface area contributed by atoms with Gasteiger partial charge in [-0.25, -0.2) is 9.78 Å². The van der Waals surface area contributed by atoms with Gasteiger partial charge in [0, 0.05) is 18.6 Å². The van der Waals surface area contributed by atoms with Crippen LogP contribution in [0.3, 0.4) is 0 Å². The molecule has 5 rings (SSSR count). The van der Waals surface area contributed by atoms with Crippen molar-refractivity contribution in [3.63, 3.8) is 0 Å². The summed E-state index contributed by atoms with van der Waals surface area (Å²) in [5.74, 6) is 0.543. The van der Waals surface area contributed by atoms with E-state index in [-0.39, 0.29) is 0 Å². The summed E-state index contributed by atoms with van der Waals surface area (Å²) in [6.45, 7) is 0.332. The molecule has 0 saturated carbocycles. The Balaban J connectivity index is 1.55. The zero-order chi connectivity index (χ0) is 18.5. The molecule has 0 radical (unpaired) electrons. The topological polar surface area (TPSA) is 113 Å². The van der Waals surface area contributed by atoms with Crippen molar-refractivity contribution in [1.29, 1.82) is 5.26 Å². The Morgan fingerprint density at radius 3 is 3.04 bits per heavy atom. The van der Waals surface area contributed by atoms with E-state index in [1.54, 1.807) is 48.5 Å². The Morgan fingerprint density at radius 1 is 1.37 bits per heavy atom. The van der Waals surface area contributed by atoms with Gasteiger partial charge in [0.15, 0.2) is 11.9 Å². The monoisotopic (exact) mass is 359 g/mol. The number of imidazole rings is 1. The number of pyridine rings is 1. The number of ether oxygens (including phenoxy) is 1. The lowest BCUT2D eigenvalue weighted by Gasteiger charge is -2.08. The molecule has 1 aliphatic heterocycles. The number of nitrogens with zero attached hydrogens (tertiary/aromatic N) is 6. The second-order valence-electron chi connectivity index (χ2n) is 6.34. The van der Waals surface area contributed by atoms with Gasteiger partial charge in [-0.1, -0.05) is 0 Å². The van der Waals surface area contributed by atoms with E-state index in [2.05, 4.69) is 26.1 Å². The van der Waals surface area contributed by atoms with Crippen LogP contribution in [-0.4, -0.2) is 37.4 Å². The van der Waals surface area contributed by atoms with Crippen LogP contribution in [0.15, 0.2) is 36.8 Å². The van der Waals surface area contributed by atoms with E-state index in [9.17, 15) is 4.79 Å². The molecule has 0 bridgehead atoms. The number of amides is 1. The standard InChI is InChI=1S/C18H13N7O2/c1-24-8-11(6-21-24)25-9-15(27-18(25)26)17-22-14-7-20-13-3-2-10(5-19)4-12(13)16(14)23-17/h2-4,6-8,15H,9H2,1H3,(H,22,23)/t15-/m1/s1. The van der Waals surface area contributed by atoms with Crippen LogP contribution < -0.4 is 4.90 Å². The van der Waals surface area contributed by atoms with Crippen molar-refractivity contribution in [2.75, 3.05) is 11.4 Å². The number of anilines is 1. The number of carbonyl (C=O) groups is 1. The Morgan fingerprint density at radius 2 is 2.26 bits per heavy atom. The Hall–Kier alpha value is -3.93. The third kappa shape index (κ3) is 2.38. The van der Waals surface area contributed by atoms with Crippen molar-refractivity contribution in [2.45, 2.75) is 6.10 Å². The number of nitrogens with one attached hydrogen (secondary N) is 1. The molecule has 1 saturated heterocycles. The van der Waals surface area contributed by atoms with Gasteiger partial charge in [-0.3, -0.25) is 14.6 Å². The number of aromatic nitrogens is 5. The van der Waals surface area contributed by atoms with Crippen molar-refractivity contribution in [3.8, 4) is 6.07 Å². The molecule has 1 N–H and O–H groups in total. The molecule has 1 atom stereocenters. The lowest BCUT2D eigenvalue weighted by Crippen LogP contribution is -2.23. The number of hydrogen-bond donors (Lipinski definition) is 1. The normalized spacial score (nSPS) is 16.8. The number of H-pyrrole nitrogens is 1. The van der Waals surface area contributed by atoms with E-state index < -0.39 is 12.2 Å². The maximum absolute atomic E-state index is 12.3. The van der Waals surface area contributed by atoms with Crippen LogP contribution in [0.1, 0.15) is 17.5 Å². The molecule has 9 heteroatoms. The Kier molecular flexibility index (Phi) is 3.14. The van der Waals surface area contributed by atoms with Crippen LogP contribution in [0, 0.1) is 11.3 Å². The first kappa shape index (κ1) is 15.3. The zero-order valence-corrected chi connectivity index (χ0v) is 14.2. The van der Waals surface area contributed by atoms with Crippen molar-refractivity contribution < 1.29 is 9.53 Å².